The standard InChI is InChI=1S/C11H10ClNO2/c1-7-2-8(12)4-9(3-7)13-6-10(14)5-11(13)15/h2-4H,5-6H2,1H3. The van der Waals surface area contributed by atoms with Crippen LogP contribution >= 0.6 is 11.6 Å². The monoisotopic (exact) mass is 223 g/mol. The number of nitrogens with zero attached hydrogens (tertiary/aromatic N) is 1. The Hall–Kier alpha value is -1.35. The molecule has 3 nitrogen and oxygen atoms in total. The van der Waals surface area contributed by atoms with E-state index in [4.69, 9.17) is 11.6 Å². The lowest BCUT2D eigenvalue weighted by molar-refractivity contribution is -0.121. The maximum absolute atomic E-state index is 11.5. The fourth-order valence-corrected chi connectivity index (χ4v) is 1.98. The fraction of sp³-hybridized carbons (Fsp3) is 0.273. The average Bonchev–Trinajstić information content (AvgIpc) is 2.43. The molecule has 0 atom stereocenters. The summed E-state index contributed by atoms with van der Waals surface area (Å²) in [4.78, 5) is 24.1. The molecule has 1 saturated heterocycles. The zero-order valence-electron chi connectivity index (χ0n) is 8.29. The van der Waals surface area contributed by atoms with Crippen LogP contribution in [-0.2, 0) is 9.59 Å². The summed E-state index contributed by atoms with van der Waals surface area (Å²) in [7, 11) is 0. The van der Waals surface area contributed by atoms with E-state index in [1.165, 1.54) is 4.90 Å². The van der Waals surface area contributed by atoms with Crippen molar-refractivity contribution in [3.8, 4) is 0 Å². The van der Waals surface area contributed by atoms with E-state index in [9.17, 15) is 9.59 Å². The number of aryl methyl sites for hydroxylation is 1. The molecule has 1 heterocycles. The van der Waals surface area contributed by atoms with Crippen LogP contribution in [0.4, 0.5) is 5.69 Å². The maximum atomic E-state index is 11.5. The van der Waals surface area contributed by atoms with E-state index in [-0.39, 0.29) is 24.7 Å². The third-order valence-corrected chi connectivity index (χ3v) is 2.54. The first-order chi connectivity index (χ1) is 7.06. The van der Waals surface area contributed by atoms with E-state index in [0.29, 0.717) is 10.7 Å². The first-order valence-corrected chi connectivity index (χ1v) is 5.03. The van der Waals surface area contributed by atoms with Crippen LogP contribution in [0, 0.1) is 6.92 Å². The van der Waals surface area contributed by atoms with Crippen LogP contribution in [-0.4, -0.2) is 18.2 Å². The number of amides is 1. The van der Waals surface area contributed by atoms with Gasteiger partial charge in [0, 0.05) is 10.7 Å². The number of hydrogen-bond acceptors (Lipinski definition) is 2. The lowest BCUT2D eigenvalue weighted by atomic mass is 10.2. The van der Waals surface area contributed by atoms with Crippen molar-refractivity contribution >= 4 is 29.0 Å². The summed E-state index contributed by atoms with van der Waals surface area (Å²) in [6, 6.07) is 5.36. The Kier molecular flexibility index (Phi) is 2.49. The van der Waals surface area contributed by atoms with Crippen molar-refractivity contribution < 1.29 is 9.59 Å². The zero-order valence-corrected chi connectivity index (χ0v) is 9.04. The average molecular weight is 224 g/mol. The molecule has 15 heavy (non-hydrogen) atoms. The summed E-state index contributed by atoms with van der Waals surface area (Å²) < 4.78 is 0. The first kappa shape index (κ1) is 10.2. The van der Waals surface area contributed by atoms with Gasteiger partial charge in [-0.05, 0) is 30.7 Å². The Morgan fingerprint density at radius 1 is 1.27 bits per heavy atom. The second-order valence-corrected chi connectivity index (χ2v) is 4.12. The van der Waals surface area contributed by atoms with Crippen molar-refractivity contribution in [1.82, 2.24) is 0 Å². The van der Waals surface area contributed by atoms with Gasteiger partial charge in [-0.15, -0.1) is 0 Å². The van der Waals surface area contributed by atoms with Crippen molar-refractivity contribution in [2.75, 3.05) is 11.4 Å². The Bertz CT molecular complexity index is 422. The summed E-state index contributed by atoms with van der Waals surface area (Å²) in [5, 5.41) is 0.581. The van der Waals surface area contributed by atoms with Crippen LogP contribution in [0.2, 0.25) is 5.02 Å². The molecule has 0 N–H and O–H groups in total. The molecule has 1 aromatic carbocycles. The van der Waals surface area contributed by atoms with Crippen molar-refractivity contribution in [3.63, 3.8) is 0 Å². The lowest BCUT2D eigenvalue weighted by Crippen LogP contribution is -2.24. The Labute approximate surface area is 92.6 Å². The quantitative estimate of drug-likeness (QED) is 0.683. The Morgan fingerprint density at radius 3 is 2.53 bits per heavy atom. The number of rotatable bonds is 1. The van der Waals surface area contributed by atoms with Crippen LogP contribution < -0.4 is 4.90 Å². The fourth-order valence-electron chi connectivity index (χ4n) is 1.69. The minimum Gasteiger partial charge on any atom is -0.305 e. The van der Waals surface area contributed by atoms with Gasteiger partial charge in [-0.3, -0.25) is 9.59 Å². The predicted molar refractivity (Wildman–Crippen MR) is 58.2 cm³/mol. The van der Waals surface area contributed by atoms with E-state index in [2.05, 4.69) is 0 Å². The van der Waals surface area contributed by atoms with E-state index in [0.717, 1.165) is 5.56 Å². The molecule has 0 spiro atoms. The van der Waals surface area contributed by atoms with Crippen molar-refractivity contribution in [2.45, 2.75) is 13.3 Å². The highest BCUT2D eigenvalue weighted by Gasteiger charge is 2.28. The van der Waals surface area contributed by atoms with Gasteiger partial charge in [0.2, 0.25) is 5.91 Å². The molecule has 0 radical (unpaired) electrons. The van der Waals surface area contributed by atoms with Gasteiger partial charge in [-0.2, -0.15) is 0 Å². The molecule has 0 saturated carbocycles. The van der Waals surface area contributed by atoms with Gasteiger partial charge in [-0.1, -0.05) is 11.6 Å². The van der Waals surface area contributed by atoms with Crippen LogP contribution in [0.5, 0.6) is 0 Å². The van der Waals surface area contributed by atoms with Gasteiger partial charge < -0.3 is 4.90 Å². The third-order valence-electron chi connectivity index (χ3n) is 2.32. The number of halogens is 1. The second kappa shape index (κ2) is 3.66. The molecular formula is C11H10ClNO2. The normalized spacial score (nSPS) is 16.3. The van der Waals surface area contributed by atoms with Crippen LogP contribution in [0.25, 0.3) is 0 Å². The minimum atomic E-state index is -0.151. The molecular weight excluding hydrogens is 214 g/mol. The Morgan fingerprint density at radius 2 is 2.00 bits per heavy atom. The molecule has 0 aromatic heterocycles. The van der Waals surface area contributed by atoms with E-state index >= 15 is 0 Å². The highest BCUT2D eigenvalue weighted by Crippen LogP contribution is 2.24. The molecule has 0 aliphatic carbocycles. The maximum Gasteiger partial charge on any atom is 0.234 e. The summed E-state index contributed by atoms with van der Waals surface area (Å²) in [5.74, 6) is -0.195. The van der Waals surface area contributed by atoms with Gasteiger partial charge in [0.25, 0.3) is 0 Å². The number of Topliss-reactive ketones (excluding diaryl/α,β-unsaturated/α-hetero) is 1. The van der Waals surface area contributed by atoms with E-state index < -0.39 is 0 Å². The molecule has 1 aliphatic rings. The summed E-state index contributed by atoms with van der Waals surface area (Å²) in [6.45, 7) is 2.07. The number of carbonyl (C=O) groups is 2. The van der Waals surface area contributed by atoms with Crippen molar-refractivity contribution in [2.24, 2.45) is 0 Å². The van der Waals surface area contributed by atoms with Crippen molar-refractivity contribution in [1.29, 1.82) is 0 Å². The molecule has 1 aromatic rings. The Balaban J connectivity index is 2.37. The van der Waals surface area contributed by atoms with Crippen molar-refractivity contribution in [3.05, 3.63) is 28.8 Å². The smallest absolute Gasteiger partial charge is 0.234 e. The number of anilines is 1. The predicted octanol–water partition coefficient (Wildman–Crippen LogP) is 1.95. The minimum absolute atomic E-state index is 0.00552. The number of benzene rings is 1. The van der Waals surface area contributed by atoms with Gasteiger partial charge >= 0.3 is 0 Å². The third kappa shape index (κ3) is 2.02. The van der Waals surface area contributed by atoms with Crippen LogP contribution in [0.15, 0.2) is 18.2 Å². The molecule has 78 valence electrons. The highest BCUT2D eigenvalue weighted by atomic mass is 35.5. The molecule has 2 rings (SSSR count). The number of ketones is 1. The highest BCUT2D eigenvalue weighted by molar-refractivity contribution is 6.31. The molecule has 4 heteroatoms. The molecule has 0 unspecified atom stereocenters. The van der Waals surface area contributed by atoms with Gasteiger partial charge in [0.05, 0.1) is 13.0 Å². The second-order valence-electron chi connectivity index (χ2n) is 3.68. The number of hydrogen-bond donors (Lipinski definition) is 0. The zero-order chi connectivity index (χ0) is 11.0. The summed E-state index contributed by atoms with van der Waals surface area (Å²) in [6.07, 6.45) is 0.00552. The lowest BCUT2D eigenvalue weighted by Gasteiger charge is -2.15. The summed E-state index contributed by atoms with van der Waals surface area (Å²) >= 11 is 5.89. The van der Waals surface area contributed by atoms with Gasteiger partial charge in [-0.25, -0.2) is 0 Å². The summed E-state index contributed by atoms with van der Waals surface area (Å²) in [5.41, 5.74) is 1.68. The largest absolute Gasteiger partial charge is 0.305 e. The van der Waals surface area contributed by atoms with Crippen LogP contribution in [0.3, 0.4) is 0 Å². The topological polar surface area (TPSA) is 37.4 Å². The van der Waals surface area contributed by atoms with Gasteiger partial charge in [0.15, 0.2) is 5.78 Å². The number of carbonyl (C=O) groups excluding carboxylic acids is 2. The molecule has 0 bridgehead atoms. The van der Waals surface area contributed by atoms with Crippen LogP contribution in [0.1, 0.15) is 12.0 Å². The van der Waals surface area contributed by atoms with Gasteiger partial charge in [0.1, 0.15) is 0 Å². The molecule has 1 amide bonds. The van der Waals surface area contributed by atoms with E-state index in [1.807, 2.05) is 19.1 Å². The molecule has 1 aliphatic heterocycles. The first-order valence-electron chi connectivity index (χ1n) is 4.65. The van der Waals surface area contributed by atoms with E-state index in [1.54, 1.807) is 6.07 Å². The SMILES string of the molecule is Cc1cc(Cl)cc(N2CC(=O)CC2=O)c1. The molecule has 1 fully saturated rings.